The summed E-state index contributed by atoms with van der Waals surface area (Å²) in [5.74, 6) is -0.572. The van der Waals surface area contributed by atoms with Gasteiger partial charge in [-0.25, -0.2) is 0 Å². The van der Waals surface area contributed by atoms with E-state index in [1.165, 1.54) is 0 Å². The zero-order valence-electron chi connectivity index (χ0n) is 5.91. The Balaban J connectivity index is 3.26. The number of hydrogen-bond acceptors (Lipinski definition) is 4. The number of hydrogen-bond donors (Lipinski definition) is 2. The summed E-state index contributed by atoms with van der Waals surface area (Å²) in [6.45, 7) is 1.93. The van der Waals surface area contributed by atoms with E-state index in [0.717, 1.165) is 6.42 Å². The van der Waals surface area contributed by atoms with Crippen LogP contribution in [0.3, 0.4) is 0 Å². The minimum Gasteiger partial charge on any atom is -0.485 e. The van der Waals surface area contributed by atoms with Gasteiger partial charge in [-0.05, 0) is 6.42 Å². The van der Waals surface area contributed by atoms with Crippen LogP contribution in [0.1, 0.15) is 26.2 Å². The first-order valence-electron chi connectivity index (χ1n) is 3.22. The van der Waals surface area contributed by atoms with Gasteiger partial charge < -0.3 is 14.7 Å². The predicted octanol–water partition coefficient (Wildman–Crippen LogP) is -0.311. The molecule has 0 spiro atoms. The van der Waals surface area contributed by atoms with E-state index in [0.29, 0.717) is 6.42 Å². The van der Waals surface area contributed by atoms with Gasteiger partial charge >= 0.3 is 7.32 Å². The molecular weight excluding hydrogens is 135 g/mol. The molecule has 0 amide bonds. The van der Waals surface area contributed by atoms with Crippen LogP contribution in [0.15, 0.2) is 0 Å². The normalized spacial score (nSPS) is 9.10. The summed E-state index contributed by atoms with van der Waals surface area (Å²) in [5, 5.41) is 16.3. The topological polar surface area (TPSA) is 66.8 Å². The second-order valence-electron chi connectivity index (χ2n) is 1.92. The zero-order chi connectivity index (χ0) is 7.98. The van der Waals surface area contributed by atoms with Crippen molar-refractivity contribution >= 4 is 13.3 Å². The van der Waals surface area contributed by atoms with Crippen molar-refractivity contribution < 1.29 is 19.5 Å². The molecule has 0 aliphatic heterocycles. The van der Waals surface area contributed by atoms with Crippen molar-refractivity contribution in [1.29, 1.82) is 0 Å². The molecule has 0 bridgehead atoms. The quantitative estimate of drug-likeness (QED) is 0.533. The molecule has 0 unspecified atom stereocenters. The summed E-state index contributed by atoms with van der Waals surface area (Å²) in [5.41, 5.74) is 0. The van der Waals surface area contributed by atoms with Crippen molar-refractivity contribution in [3.8, 4) is 0 Å². The Labute approximate surface area is 60.0 Å². The summed E-state index contributed by atoms with van der Waals surface area (Å²) in [6.07, 6.45) is 1.84. The molecule has 2 N–H and O–H groups in total. The fraction of sp³-hybridized carbons (Fsp3) is 0.800. The Morgan fingerprint density at radius 3 is 2.60 bits per heavy atom. The van der Waals surface area contributed by atoms with Gasteiger partial charge in [0.2, 0.25) is 0 Å². The number of carbonyl (C=O) groups excluding carboxylic acids is 1. The highest BCUT2D eigenvalue weighted by atomic mass is 16.6. The van der Waals surface area contributed by atoms with Gasteiger partial charge in [-0.1, -0.05) is 13.3 Å². The maximum Gasteiger partial charge on any atom is 0.709 e. The smallest absolute Gasteiger partial charge is 0.485 e. The maximum absolute atomic E-state index is 10.5. The van der Waals surface area contributed by atoms with Crippen molar-refractivity contribution in [2.24, 2.45) is 0 Å². The van der Waals surface area contributed by atoms with Crippen LogP contribution in [-0.4, -0.2) is 23.3 Å². The molecule has 0 rings (SSSR count). The summed E-state index contributed by atoms with van der Waals surface area (Å²) in [7, 11) is -1.97. The van der Waals surface area contributed by atoms with E-state index in [9.17, 15) is 4.79 Å². The molecular formula is C5H11BO4. The van der Waals surface area contributed by atoms with Crippen LogP contribution in [0, 0.1) is 0 Å². The van der Waals surface area contributed by atoms with E-state index in [-0.39, 0.29) is 6.42 Å². The van der Waals surface area contributed by atoms with Crippen molar-refractivity contribution in [2.45, 2.75) is 26.2 Å². The molecule has 0 aromatic rings. The first kappa shape index (κ1) is 9.45. The number of rotatable bonds is 4. The molecule has 0 aliphatic rings. The zero-order valence-corrected chi connectivity index (χ0v) is 5.91. The highest BCUT2D eigenvalue weighted by Crippen LogP contribution is 1.95. The average Bonchev–Trinajstić information content (AvgIpc) is 1.82. The molecule has 10 heavy (non-hydrogen) atoms. The van der Waals surface area contributed by atoms with E-state index in [1.54, 1.807) is 0 Å². The molecule has 0 aromatic carbocycles. The minimum absolute atomic E-state index is 0.244. The SMILES string of the molecule is CCCCC(=O)OB(O)O. The molecule has 0 atom stereocenters. The van der Waals surface area contributed by atoms with Gasteiger partial charge in [0.15, 0.2) is 0 Å². The molecule has 5 heteroatoms. The van der Waals surface area contributed by atoms with E-state index in [2.05, 4.69) is 4.65 Å². The Bertz CT molecular complexity index is 104. The molecule has 0 fully saturated rings. The fourth-order valence-corrected chi connectivity index (χ4v) is 0.498. The lowest BCUT2D eigenvalue weighted by atomic mass is 10.2. The Morgan fingerprint density at radius 1 is 1.60 bits per heavy atom. The highest BCUT2D eigenvalue weighted by Gasteiger charge is 2.14. The van der Waals surface area contributed by atoms with Crippen LogP contribution in [0.25, 0.3) is 0 Å². The van der Waals surface area contributed by atoms with Crippen molar-refractivity contribution in [2.75, 3.05) is 0 Å². The van der Waals surface area contributed by atoms with Gasteiger partial charge in [-0.15, -0.1) is 0 Å². The standard InChI is InChI=1S/C5H11BO4/c1-2-3-4-5(7)10-6(8)9/h8-9H,2-4H2,1H3. The summed E-state index contributed by atoms with van der Waals surface area (Å²) in [4.78, 5) is 10.5. The summed E-state index contributed by atoms with van der Waals surface area (Å²) in [6, 6.07) is 0. The van der Waals surface area contributed by atoms with Gasteiger partial charge in [-0.3, -0.25) is 4.79 Å². The van der Waals surface area contributed by atoms with Crippen LogP contribution in [0.5, 0.6) is 0 Å². The van der Waals surface area contributed by atoms with E-state index in [1.807, 2.05) is 6.92 Å². The maximum atomic E-state index is 10.5. The van der Waals surface area contributed by atoms with Gasteiger partial charge in [0.1, 0.15) is 0 Å². The van der Waals surface area contributed by atoms with E-state index < -0.39 is 13.3 Å². The Morgan fingerprint density at radius 2 is 2.20 bits per heavy atom. The lowest BCUT2D eigenvalue weighted by Gasteiger charge is -2.00. The van der Waals surface area contributed by atoms with Crippen LogP contribution in [0.4, 0.5) is 0 Å². The molecule has 4 nitrogen and oxygen atoms in total. The largest absolute Gasteiger partial charge is 0.709 e. The minimum atomic E-state index is -1.97. The van der Waals surface area contributed by atoms with E-state index in [4.69, 9.17) is 10.0 Å². The first-order chi connectivity index (χ1) is 4.66. The number of unbranched alkanes of at least 4 members (excludes halogenated alkanes) is 1. The first-order valence-corrected chi connectivity index (χ1v) is 3.22. The molecule has 0 saturated carbocycles. The average molecular weight is 146 g/mol. The number of carbonyl (C=O) groups is 1. The highest BCUT2D eigenvalue weighted by molar-refractivity contribution is 6.35. The second kappa shape index (κ2) is 5.26. The molecule has 0 aromatic heterocycles. The van der Waals surface area contributed by atoms with Crippen LogP contribution < -0.4 is 0 Å². The molecule has 0 heterocycles. The molecule has 0 saturated heterocycles. The molecule has 0 aliphatic carbocycles. The van der Waals surface area contributed by atoms with Crippen molar-refractivity contribution in [3.63, 3.8) is 0 Å². The predicted molar refractivity (Wildman–Crippen MR) is 35.8 cm³/mol. The van der Waals surface area contributed by atoms with Gasteiger partial charge in [-0.2, -0.15) is 0 Å². The van der Waals surface area contributed by atoms with E-state index >= 15 is 0 Å². The third-order valence-electron chi connectivity index (χ3n) is 0.971. The Hall–Kier alpha value is -0.545. The lowest BCUT2D eigenvalue weighted by molar-refractivity contribution is -0.137. The third-order valence-corrected chi connectivity index (χ3v) is 0.971. The van der Waals surface area contributed by atoms with Gasteiger partial charge in [0.05, 0.1) is 0 Å². The molecule has 0 radical (unpaired) electrons. The van der Waals surface area contributed by atoms with Crippen LogP contribution in [-0.2, 0) is 9.45 Å². The Kier molecular flexibility index (Phi) is 4.97. The summed E-state index contributed by atoms with van der Waals surface area (Å²) < 4.78 is 4.02. The van der Waals surface area contributed by atoms with Crippen LogP contribution in [0.2, 0.25) is 0 Å². The lowest BCUT2D eigenvalue weighted by Crippen LogP contribution is -2.21. The van der Waals surface area contributed by atoms with Gasteiger partial charge in [0, 0.05) is 6.42 Å². The van der Waals surface area contributed by atoms with Gasteiger partial charge in [0.25, 0.3) is 5.97 Å². The van der Waals surface area contributed by atoms with Crippen molar-refractivity contribution in [3.05, 3.63) is 0 Å². The third kappa shape index (κ3) is 5.59. The van der Waals surface area contributed by atoms with Crippen LogP contribution >= 0.6 is 0 Å². The fourth-order valence-electron chi connectivity index (χ4n) is 0.498. The molecule has 58 valence electrons. The summed E-state index contributed by atoms with van der Waals surface area (Å²) >= 11 is 0. The second-order valence-corrected chi connectivity index (χ2v) is 1.92. The van der Waals surface area contributed by atoms with Crippen molar-refractivity contribution in [1.82, 2.24) is 0 Å². The monoisotopic (exact) mass is 146 g/mol.